The van der Waals surface area contributed by atoms with E-state index in [0.717, 1.165) is 0 Å². The van der Waals surface area contributed by atoms with Crippen LogP contribution in [0.25, 0.3) is 0 Å². The molecule has 1 aromatic carbocycles. The summed E-state index contributed by atoms with van der Waals surface area (Å²) in [5.74, 6) is -7.15. The van der Waals surface area contributed by atoms with Crippen LogP contribution in [0.2, 0.25) is 5.02 Å². The Morgan fingerprint density at radius 2 is 1.43 bits per heavy atom. The summed E-state index contributed by atoms with van der Waals surface area (Å²) < 4.78 is 63.4. The Hall–Kier alpha value is -0.950. The topological polar surface area (TPSA) is 29.4 Å². The van der Waals surface area contributed by atoms with Crippen LogP contribution in [0.5, 0.6) is 0 Å². The van der Waals surface area contributed by atoms with E-state index in [1.165, 1.54) is 0 Å². The van der Waals surface area contributed by atoms with E-state index < -0.39 is 45.4 Å². The van der Waals surface area contributed by atoms with Crippen molar-refractivity contribution in [3.05, 3.63) is 28.3 Å². The smallest absolute Gasteiger partial charge is 0.202 e. The lowest BCUT2D eigenvalue weighted by Gasteiger charge is -2.02. The molecule has 0 unspecified atom stereocenters. The second-order valence-corrected chi connectivity index (χ2v) is 2.79. The average Bonchev–Trinajstić information content (AvgIpc) is 2.19. The van der Waals surface area contributed by atoms with Crippen LogP contribution in [-0.4, -0.2) is 4.21 Å². The molecule has 0 aliphatic heterocycles. The molecule has 8 heteroatoms. The maximum absolute atomic E-state index is 12.8. The molecule has 0 aliphatic carbocycles. The van der Waals surface area contributed by atoms with E-state index in [4.69, 9.17) is 11.6 Å². The van der Waals surface area contributed by atoms with Gasteiger partial charge in [0.2, 0.25) is 11.5 Å². The first kappa shape index (κ1) is 11.1. The van der Waals surface area contributed by atoms with Gasteiger partial charge in [0.1, 0.15) is 5.02 Å². The monoisotopic (exact) mass is 245 g/mol. The van der Waals surface area contributed by atoms with Gasteiger partial charge >= 0.3 is 0 Å². The van der Waals surface area contributed by atoms with Crippen LogP contribution in [-0.2, 0) is 11.5 Å². The van der Waals surface area contributed by atoms with Gasteiger partial charge in [0, 0.05) is 0 Å². The van der Waals surface area contributed by atoms with Crippen LogP contribution in [0.3, 0.4) is 0 Å². The number of nitrogens with zero attached hydrogens (tertiary/aromatic N) is 1. The fraction of sp³-hybridized carbons (Fsp3) is 0. The SMILES string of the molecule is O=S=Nc1c(F)c(F)c(Cl)c(F)c1F. The minimum absolute atomic E-state index is 0.575. The molecule has 0 fully saturated rings. The summed E-state index contributed by atoms with van der Waals surface area (Å²) in [7, 11) is 0. The lowest BCUT2D eigenvalue weighted by molar-refractivity contribution is 0.458. The van der Waals surface area contributed by atoms with E-state index in [1.54, 1.807) is 0 Å². The number of hydrogen-bond acceptors (Lipinski definition) is 2. The maximum Gasteiger partial charge on any atom is 0.205 e. The molecule has 2 nitrogen and oxygen atoms in total. The summed E-state index contributed by atoms with van der Waals surface area (Å²) in [5, 5.41) is -1.31. The first-order valence-corrected chi connectivity index (χ1v) is 4.09. The second kappa shape index (κ2) is 4.05. The molecule has 0 bridgehead atoms. The van der Waals surface area contributed by atoms with E-state index in [-0.39, 0.29) is 0 Å². The van der Waals surface area contributed by atoms with Gasteiger partial charge in [-0.2, -0.15) is 4.21 Å². The normalized spacial score (nSPS) is 10.1. The van der Waals surface area contributed by atoms with Crippen LogP contribution < -0.4 is 0 Å². The van der Waals surface area contributed by atoms with Crippen molar-refractivity contribution in [1.29, 1.82) is 0 Å². The summed E-state index contributed by atoms with van der Waals surface area (Å²) in [6, 6.07) is 0. The van der Waals surface area contributed by atoms with Gasteiger partial charge in [0.25, 0.3) is 0 Å². The van der Waals surface area contributed by atoms with E-state index in [2.05, 4.69) is 4.36 Å². The molecule has 0 aromatic heterocycles. The van der Waals surface area contributed by atoms with E-state index >= 15 is 0 Å². The minimum Gasteiger partial charge on any atom is -0.202 e. The lowest BCUT2D eigenvalue weighted by atomic mass is 10.2. The molecule has 0 atom stereocenters. The van der Waals surface area contributed by atoms with Crippen LogP contribution in [0, 0.1) is 23.3 Å². The predicted molar refractivity (Wildman–Crippen MR) is 41.5 cm³/mol. The number of benzene rings is 1. The molecule has 0 heterocycles. The highest BCUT2D eigenvalue weighted by atomic mass is 35.5. The molecule has 76 valence electrons. The lowest BCUT2D eigenvalue weighted by Crippen LogP contribution is -1.96. The van der Waals surface area contributed by atoms with Crippen LogP contribution >= 0.6 is 11.6 Å². The molecule has 0 N–H and O–H groups in total. The summed E-state index contributed by atoms with van der Waals surface area (Å²) >= 11 is 4.33. The molecule has 0 spiro atoms. The molecule has 0 aliphatic rings. The second-order valence-electron chi connectivity index (χ2n) is 2.08. The Kier molecular flexibility index (Phi) is 3.22. The van der Waals surface area contributed by atoms with Crippen molar-refractivity contribution in [2.45, 2.75) is 0 Å². The Morgan fingerprint density at radius 3 is 1.79 bits per heavy atom. The van der Waals surface area contributed by atoms with Gasteiger partial charge in [-0.3, -0.25) is 0 Å². The summed E-state index contributed by atoms with van der Waals surface area (Å²) in [5.41, 5.74) is -1.32. The van der Waals surface area contributed by atoms with Crippen LogP contribution in [0.15, 0.2) is 4.36 Å². The zero-order valence-electron chi connectivity index (χ0n) is 6.15. The average molecular weight is 246 g/mol. The van der Waals surface area contributed by atoms with Crippen molar-refractivity contribution >= 4 is 28.8 Å². The van der Waals surface area contributed by atoms with E-state index in [9.17, 15) is 21.8 Å². The molecule has 0 radical (unpaired) electrons. The van der Waals surface area contributed by atoms with Gasteiger partial charge in [-0.15, -0.1) is 4.36 Å². The summed E-state index contributed by atoms with van der Waals surface area (Å²) in [6.07, 6.45) is 0. The number of rotatable bonds is 1. The first-order chi connectivity index (χ1) is 6.50. The molecule has 14 heavy (non-hydrogen) atoms. The zero-order valence-corrected chi connectivity index (χ0v) is 7.73. The zero-order chi connectivity index (χ0) is 10.9. The maximum atomic E-state index is 12.8. The predicted octanol–water partition coefficient (Wildman–Crippen LogP) is 2.92. The highest BCUT2D eigenvalue weighted by Crippen LogP contribution is 2.32. The van der Waals surface area contributed by atoms with Gasteiger partial charge in [-0.25, -0.2) is 17.6 Å². The van der Waals surface area contributed by atoms with Gasteiger partial charge in [-0.05, 0) is 0 Å². The summed E-state index contributed by atoms with van der Waals surface area (Å²) in [4.78, 5) is 0. The van der Waals surface area contributed by atoms with Crippen molar-refractivity contribution in [1.82, 2.24) is 0 Å². The Balaban J connectivity index is 3.67. The van der Waals surface area contributed by atoms with Crippen LogP contribution in [0.4, 0.5) is 23.2 Å². The number of hydrogen-bond donors (Lipinski definition) is 0. The van der Waals surface area contributed by atoms with E-state index in [0.29, 0.717) is 0 Å². The van der Waals surface area contributed by atoms with Gasteiger partial charge in [0.15, 0.2) is 29.0 Å². The number of halogens is 5. The standard InChI is InChI=1S/C6ClF4NOS/c7-1-2(8)4(10)6(12-14-13)5(11)3(1)9. The van der Waals surface area contributed by atoms with Gasteiger partial charge in [0.05, 0.1) is 0 Å². The van der Waals surface area contributed by atoms with E-state index in [1.807, 2.05) is 0 Å². The molecule has 1 aromatic rings. The van der Waals surface area contributed by atoms with Crippen molar-refractivity contribution in [2.24, 2.45) is 4.36 Å². The molecule has 0 saturated carbocycles. The van der Waals surface area contributed by atoms with Crippen molar-refractivity contribution in [3.8, 4) is 0 Å². The van der Waals surface area contributed by atoms with Gasteiger partial charge in [-0.1, -0.05) is 11.6 Å². The van der Waals surface area contributed by atoms with Crippen LogP contribution in [0.1, 0.15) is 0 Å². The third-order valence-corrected chi connectivity index (χ3v) is 1.90. The fourth-order valence-corrected chi connectivity index (χ4v) is 1.11. The Labute approximate surface area is 83.7 Å². The third kappa shape index (κ3) is 1.64. The highest BCUT2D eigenvalue weighted by Gasteiger charge is 2.24. The minimum atomic E-state index is -1.79. The fourth-order valence-electron chi connectivity index (χ4n) is 0.711. The third-order valence-electron chi connectivity index (χ3n) is 1.32. The molecule has 0 saturated heterocycles. The first-order valence-electron chi connectivity index (χ1n) is 3.02. The molecule has 0 amide bonds. The Bertz CT molecular complexity index is 417. The quantitative estimate of drug-likeness (QED) is 0.425. The van der Waals surface area contributed by atoms with Crippen molar-refractivity contribution < 1.29 is 21.8 Å². The summed E-state index contributed by atoms with van der Waals surface area (Å²) in [6.45, 7) is 0. The van der Waals surface area contributed by atoms with Crippen molar-refractivity contribution in [2.75, 3.05) is 0 Å². The van der Waals surface area contributed by atoms with Gasteiger partial charge < -0.3 is 0 Å². The highest BCUT2D eigenvalue weighted by molar-refractivity contribution is 7.54. The van der Waals surface area contributed by atoms with Crippen molar-refractivity contribution in [3.63, 3.8) is 0 Å². The molecule has 1 rings (SSSR count). The largest absolute Gasteiger partial charge is 0.205 e. The Morgan fingerprint density at radius 1 is 1.00 bits per heavy atom. The molecular weight excluding hydrogens is 246 g/mol. The molecular formula is C6ClF4NOS.